The number of nitrogens with zero attached hydrogens (tertiary/aromatic N) is 2. The van der Waals surface area contributed by atoms with Gasteiger partial charge >= 0.3 is 6.18 Å². The first-order chi connectivity index (χ1) is 11.5. The van der Waals surface area contributed by atoms with E-state index in [9.17, 15) is 13.2 Å². The van der Waals surface area contributed by atoms with E-state index in [0.29, 0.717) is 16.3 Å². The van der Waals surface area contributed by atoms with Crippen LogP contribution in [0.5, 0.6) is 0 Å². The molecule has 0 amide bonds. The van der Waals surface area contributed by atoms with Crippen molar-refractivity contribution in [2.24, 2.45) is 0 Å². The van der Waals surface area contributed by atoms with E-state index in [1.165, 1.54) is 23.1 Å². The van der Waals surface area contributed by atoms with Gasteiger partial charge in [-0.05, 0) is 29.5 Å². The second-order valence-corrected chi connectivity index (χ2v) is 6.99. The third-order valence-corrected chi connectivity index (χ3v) is 4.98. The molecule has 3 aromatic rings. The number of aryl methyl sites for hydroxylation is 1. The minimum Gasteiger partial charge on any atom is -0.222 e. The topological polar surface area (TPSA) is 25.8 Å². The van der Waals surface area contributed by atoms with Crippen molar-refractivity contribution in [3.8, 4) is 10.6 Å². The van der Waals surface area contributed by atoms with Crippen molar-refractivity contribution in [1.29, 1.82) is 0 Å². The zero-order chi connectivity index (χ0) is 17.0. The van der Waals surface area contributed by atoms with Gasteiger partial charge in [0.25, 0.3) is 0 Å². The summed E-state index contributed by atoms with van der Waals surface area (Å²) >= 11 is 2.60. The number of aromatic nitrogens is 2. The zero-order valence-electron chi connectivity index (χ0n) is 12.5. The Morgan fingerprint density at radius 2 is 1.79 bits per heavy atom. The molecule has 0 spiro atoms. The minimum absolute atomic E-state index is 0.157. The quantitative estimate of drug-likeness (QED) is 0.437. The molecular weight excluding hydrogens is 353 g/mol. The first-order valence-electron chi connectivity index (χ1n) is 7.19. The van der Waals surface area contributed by atoms with E-state index in [2.05, 4.69) is 9.97 Å². The van der Waals surface area contributed by atoms with Crippen LogP contribution in [0, 0.1) is 0 Å². The lowest BCUT2D eigenvalue weighted by atomic mass is 10.2. The summed E-state index contributed by atoms with van der Waals surface area (Å²) in [4.78, 5) is 8.66. The molecule has 0 aliphatic rings. The van der Waals surface area contributed by atoms with E-state index >= 15 is 0 Å². The standard InChI is InChI=1S/C17H13F3N2S2/c18-17(19,20)15-11-13(14-7-4-9-23-14)21-16(22-15)24-10-8-12-5-2-1-3-6-12/h1-7,9,11H,8,10H2. The average molecular weight is 366 g/mol. The van der Waals surface area contributed by atoms with Crippen LogP contribution in [0.15, 0.2) is 59.1 Å². The Bertz CT molecular complexity index is 787. The summed E-state index contributed by atoms with van der Waals surface area (Å²) in [6.45, 7) is 0. The molecule has 1 aromatic carbocycles. The van der Waals surface area contributed by atoms with Crippen molar-refractivity contribution in [2.45, 2.75) is 17.8 Å². The number of thioether (sulfide) groups is 1. The maximum absolute atomic E-state index is 13.1. The molecule has 0 atom stereocenters. The first-order valence-corrected chi connectivity index (χ1v) is 9.06. The summed E-state index contributed by atoms with van der Waals surface area (Å²) in [7, 11) is 0. The lowest BCUT2D eigenvalue weighted by Gasteiger charge is -2.09. The third kappa shape index (κ3) is 4.36. The highest BCUT2D eigenvalue weighted by atomic mass is 32.2. The molecule has 2 heterocycles. The number of alkyl halides is 3. The van der Waals surface area contributed by atoms with Gasteiger partial charge in [-0.15, -0.1) is 11.3 Å². The van der Waals surface area contributed by atoms with E-state index in [1.807, 2.05) is 35.7 Å². The van der Waals surface area contributed by atoms with Gasteiger partial charge < -0.3 is 0 Å². The Kier molecular flexibility index (Phi) is 5.20. The Hall–Kier alpha value is -1.86. The summed E-state index contributed by atoms with van der Waals surface area (Å²) in [5, 5.41) is 1.97. The monoisotopic (exact) mass is 366 g/mol. The van der Waals surface area contributed by atoms with Gasteiger partial charge in [0.15, 0.2) is 5.16 Å². The van der Waals surface area contributed by atoms with Crippen molar-refractivity contribution >= 4 is 23.1 Å². The van der Waals surface area contributed by atoms with Gasteiger partial charge in [0, 0.05) is 5.75 Å². The zero-order valence-corrected chi connectivity index (χ0v) is 14.1. The van der Waals surface area contributed by atoms with Crippen LogP contribution in [0.2, 0.25) is 0 Å². The summed E-state index contributed by atoms with van der Waals surface area (Å²) < 4.78 is 39.2. The SMILES string of the molecule is FC(F)(F)c1cc(-c2cccs2)nc(SCCc2ccccc2)n1. The van der Waals surface area contributed by atoms with Gasteiger partial charge in [-0.1, -0.05) is 48.2 Å². The Morgan fingerprint density at radius 1 is 1.00 bits per heavy atom. The molecule has 24 heavy (non-hydrogen) atoms. The second kappa shape index (κ2) is 7.36. The van der Waals surface area contributed by atoms with E-state index in [0.717, 1.165) is 18.1 Å². The number of thiophene rings is 1. The van der Waals surface area contributed by atoms with Crippen LogP contribution in [0.3, 0.4) is 0 Å². The van der Waals surface area contributed by atoms with Crippen LogP contribution in [-0.4, -0.2) is 15.7 Å². The summed E-state index contributed by atoms with van der Waals surface area (Å²) in [6, 6.07) is 14.3. The number of hydrogen-bond donors (Lipinski definition) is 0. The highest BCUT2D eigenvalue weighted by molar-refractivity contribution is 7.99. The molecular formula is C17H13F3N2S2. The van der Waals surface area contributed by atoms with Gasteiger partial charge in [0.05, 0.1) is 10.6 Å². The molecule has 0 unspecified atom stereocenters. The third-order valence-electron chi connectivity index (χ3n) is 3.23. The summed E-state index contributed by atoms with van der Waals surface area (Å²) in [6.07, 6.45) is -3.73. The van der Waals surface area contributed by atoms with Crippen molar-refractivity contribution in [3.05, 3.63) is 65.2 Å². The van der Waals surface area contributed by atoms with Gasteiger partial charge in [0.1, 0.15) is 5.69 Å². The van der Waals surface area contributed by atoms with Crippen LogP contribution in [-0.2, 0) is 12.6 Å². The molecule has 0 saturated heterocycles. The van der Waals surface area contributed by atoms with Crippen molar-refractivity contribution in [1.82, 2.24) is 9.97 Å². The van der Waals surface area contributed by atoms with Crippen molar-refractivity contribution in [2.75, 3.05) is 5.75 Å². The molecule has 0 aliphatic carbocycles. The van der Waals surface area contributed by atoms with Crippen molar-refractivity contribution in [3.63, 3.8) is 0 Å². The van der Waals surface area contributed by atoms with Gasteiger partial charge in [-0.2, -0.15) is 13.2 Å². The number of benzene rings is 1. The number of rotatable bonds is 5. The minimum atomic E-state index is -4.48. The molecule has 3 rings (SSSR count). The van der Waals surface area contributed by atoms with E-state index in [4.69, 9.17) is 0 Å². The Labute approximate surface area is 145 Å². The summed E-state index contributed by atoms with van der Waals surface area (Å²) in [5.41, 5.74) is 0.549. The second-order valence-electron chi connectivity index (χ2n) is 4.98. The fourth-order valence-electron chi connectivity index (χ4n) is 2.09. The Morgan fingerprint density at radius 3 is 2.46 bits per heavy atom. The van der Waals surface area contributed by atoms with E-state index in [-0.39, 0.29) is 5.16 Å². The highest BCUT2D eigenvalue weighted by Gasteiger charge is 2.33. The number of hydrogen-bond acceptors (Lipinski definition) is 4. The molecule has 0 radical (unpaired) electrons. The van der Waals surface area contributed by atoms with Crippen LogP contribution in [0.1, 0.15) is 11.3 Å². The van der Waals surface area contributed by atoms with Gasteiger partial charge in [-0.3, -0.25) is 0 Å². The predicted octanol–water partition coefficient (Wildman–Crippen LogP) is 5.56. The smallest absolute Gasteiger partial charge is 0.222 e. The number of halogens is 3. The maximum atomic E-state index is 13.1. The predicted molar refractivity (Wildman–Crippen MR) is 91.2 cm³/mol. The molecule has 0 fully saturated rings. The average Bonchev–Trinajstić information content (AvgIpc) is 3.09. The fraction of sp³-hybridized carbons (Fsp3) is 0.176. The molecule has 0 bridgehead atoms. The first kappa shape index (κ1) is 17.0. The molecule has 0 saturated carbocycles. The molecule has 2 nitrogen and oxygen atoms in total. The molecule has 0 N–H and O–H groups in total. The highest BCUT2D eigenvalue weighted by Crippen LogP contribution is 2.33. The van der Waals surface area contributed by atoms with Gasteiger partial charge in [-0.25, -0.2) is 9.97 Å². The fourth-order valence-corrected chi connectivity index (χ4v) is 3.62. The molecule has 0 aliphatic heterocycles. The van der Waals surface area contributed by atoms with Crippen LogP contribution in [0.4, 0.5) is 13.2 Å². The molecule has 124 valence electrons. The van der Waals surface area contributed by atoms with Crippen LogP contribution < -0.4 is 0 Å². The molecule has 2 aromatic heterocycles. The van der Waals surface area contributed by atoms with Crippen molar-refractivity contribution < 1.29 is 13.2 Å². The van der Waals surface area contributed by atoms with E-state index < -0.39 is 11.9 Å². The summed E-state index contributed by atoms with van der Waals surface area (Å²) in [5.74, 6) is 0.620. The molecule has 7 heteroatoms. The maximum Gasteiger partial charge on any atom is 0.433 e. The normalized spacial score (nSPS) is 11.6. The van der Waals surface area contributed by atoms with E-state index in [1.54, 1.807) is 12.1 Å². The van der Waals surface area contributed by atoms with Crippen LogP contribution >= 0.6 is 23.1 Å². The lowest BCUT2D eigenvalue weighted by Crippen LogP contribution is -2.10. The van der Waals surface area contributed by atoms with Crippen LogP contribution in [0.25, 0.3) is 10.6 Å². The van der Waals surface area contributed by atoms with Gasteiger partial charge in [0.2, 0.25) is 0 Å². The Balaban J connectivity index is 1.80. The largest absolute Gasteiger partial charge is 0.433 e. The lowest BCUT2D eigenvalue weighted by molar-refractivity contribution is -0.141.